The molecule has 1 aliphatic heterocycles. The van der Waals surface area contributed by atoms with Crippen LogP contribution in [-0.4, -0.2) is 40.4 Å². The molecule has 1 fully saturated rings. The van der Waals surface area contributed by atoms with Crippen LogP contribution in [-0.2, 0) is 16.1 Å². The molecular formula is C29H30N2O5. The number of ether oxygens (including phenoxy) is 2. The maximum absolute atomic E-state index is 13.3. The second-order valence-corrected chi connectivity index (χ2v) is 9.24. The van der Waals surface area contributed by atoms with Gasteiger partial charge in [-0.3, -0.25) is 14.6 Å². The molecule has 1 unspecified atom stereocenters. The second kappa shape index (κ2) is 10.6. The fourth-order valence-corrected chi connectivity index (χ4v) is 4.23. The summed E-state index contributed by atoms with van der Waals surface area (Å²) in [4.78, 5) is 32.0. The number of rotatable bonds is 8. The molecule has 2 aromatic carbocycles. The summed E-state index contributed by atoms with van der Waals surface area (Å²) in [5.41, 5.74) is 2.85. The van der Waals surface area contributed by atoms with Gasteiger partial charge in [-0.1, -0.05) is 26.0 Å². The summed E-state index contributed by atoms with van der Waals surface area (Å²) >= 11 is 0. The Bertz CT molecular complexity index is 1280. The summed E-state index contributed by atoms with van der Waals surface area (Å²) in [6.07, 6.45) is 3.28. The van der Waals surface area contributed by atoms with Crippen molar-refractivity contribution >= 4 is 17.4 Å². The highest BCUT2D eigenvalue weighted by Gasteiger charge is 2.46. The molecule has 0 aliphatic carbocycles. The highest BCUT2D eigenvalue weighted by molar-refractivity contribution is 6.46. The molecule has 1 atom stereocenters. The number of carbonyl (C=O) groups excluding carboxylic acids is 2. The molecule has 1 aliphatic rings. The van der Waals surface area contributed by atoms with Crippen LogP contribution in [0.2, 0.25) is 0 Å². The topological polar surface area (TPSA) is 89.0 Å². The fourth-order valence-electron chi connectivity index (χ4n) is 4.23. The lowest BCUT2D eigenvalue weighted by molar-refractivity contribution is -0.140. The van der Waals surface area contributed by atoms with Crippen molar-refractivity contribution in [2.75, 3.05) is 13.7 Å². The van der Waals surface area contributed by atoms with Gasteiger partial charge in [0.05, 0.1) is 25.3 Å². The predicted octanol–water partition coefficient (Wildman–Crippen LogP) is 5.06. The molecule has 186 valence electrons. The number of ketones is 1. The van der Waals surface area contributed by atoms with E-state index in [1.54, 1.807) is 74.1 Å². The first kappa shape index (κ1) is 25.0. The Kier molecular flexibility index (Phi) is 7.38. The largest absolute Gasteiger partial charge is 0.507 e. The maximum Gasteiger partial charge on any atom is 0.295 e. The number of aryl methyl sites for hydroxylation is 1. The quantitative estimate of drug-likeness (QED) is 0.272. The number of carbonyl (C=O) groups is 2. The molecule has 1 saturated heterocycles. The minimum Gasteiger partial charge on any atom is -0.507 e. The van der Waals surface area contributed by atoms with Crippen LogP contribution >= 0.6 is 0 Å². The van der Waals surface area contributed by atoms with E-state index in [1.807, 2.05) is 6.92 Å². The van der Waals surface area contributed by atoms with E-state index < -0.39 is 17.7 Å². The van der Waals surface area contributed by atoms with Gasteiger partial charge >= 0.3 is 0 Å². The van der Waals surface area contributed by atoms with Crippen molar-refractivity contribution in [3.63, 3.8) is 0 Å². The van der Waals surface area contributed by atoms with Gasteiger partial charge in [0.1, 0.15) is 17.3 Å². The first-order valence-electron chi connectivity index (χ1n) is 11.8. The van der Waals surface area contributed by atoms with E-state index in [0.717, 1.165) is 11.1 Å². The number of aromatic nitrogens is 1. The number of hydrogen-bond donors (Lipinski definition) is 1. The number of Topliss-reactive ketones (excluding diaryl/α,β-unsaturated/α-hetero) is 1. The first-order chi connectivity index (χ1) is 17.3. The third-order valence-electron chi connectivity index (χ3n) is 6.09. The molecule has 1 aromatic heterocycles. The monoisotopic (exact) mass is 486 g/mol. The summed E-state index contributed by atoms with van der Waals surface area (Å²) in [7, 11) is 1.57. The van der Waals surface area contributed by atoms with Crippen LogP contribution in [0.15, 0.2) is 72.6 Å². The molecule has 3 aromatic rings. The third kappa shape index (κ3) is 5.10. The number of nitrogens with zero attached hydrogens (tertiary/aromatic N) is 2. The van der Waals surface area contributed by atoms with E-state index in [-0.39, 0.29) is 17.9 Å². The lowest BCUT2D eigenvalue weighted by atomic mass is 9.94. The number of hydrogen-bond acceptors (Lipinski definition) is 6. The standard InChI is InChI=1S/C29H30N2O5/c1-18(2)17-36-24-10-7-22(15-19(24)3)27(32)25-26(21-5-8-23(35-4)9-6-21)31(29(34)28(25)33)16-20-11-13-30-14-12-20/h5-15,18,26,32H,16-17H2,1-4H3/b27-25-. The molecule has 7 heteroatoms. The van der Waals surface area contributed by atoms with Crippen LogP contribution in [0, 0.1) is 12.8 Å². The average molecular weight is 487 g/mol. The Hall–Kier alpha value is -4.13. The number of aliphatic hydroxyl groups is 1. The van der Waals surface area contributed by atoms with Gasteiger partial charge < -0.3 is 19.5 Å². The maximum atomic E-state index is 13.3. The van der Waals surface area contributed by atoms with Crippen molar-refractivity contribution in [2.45, 2.75) is 33.4 Å². The molecule has 7 nitrogen and oxygen atoms in total. The molecular weight excluding hydrogens is 456 g/mol. The zero-order valence-corrected chi connectivity index (χ0v) is 20.9. The average Bonchev–Trinajstić information content (AvgIpc) is 3.13. The molecule has 0 bridgehead atoms. The van der Waals surface area contributed by atoms with E-state index in [1.165, 1.54) is 4.90 Å². The Morgan fingerprint density at radius 2 is 1.75 bits per heavy atom. The number of benzene rings is 2. The van der Waals surface area contributed by atoms with Crippen LogP contribution in [0.3, 0.4) is 0 Å². The molecule has 0 saturated carbocycles. The van der Waals surface area contributed by atoms with Crippen molar-refractivity contribution in [1.82, 2.24) is 9.88 Å². The zero-order chi connectivity index (χ0) is 25.8. The molecule has 4 rings (SSSR count). The SMILES string of the molecule is COc1ccc(C2/C(=C(/O)c3ccc(OCC(C)C)c(C)c3)C(=O)C(=O)N2Cc2ccncc2)cc1. The van der Waals surface area contributed by atoms with Gasteiger partial charge in [0.15, 0.2) is 0 Å². The Labute approximate surface area is 211 Å². The summed E-state index contributed by atoms with van der Waals surface area (Å²) in [6.45, 7) is 6.79. The van der Waals surface area contributed by atoms with Crippen molar-refractivity contribution in [1.29, 1.82) is 0 Å². The molecule has 2 heterocycles. The second-order valence-electron chi connectivity index (χ2n) is 9.24. The van der Waals surface area contributed by atoms with Crippen molar-refractivity contribution in [2.24, 2.45) is 5.92 Å². The number of methoxy groups -OCH3 is 1. The summed E-state index contributed by atoms with van der Waals surface area (Å²) < 4.78 is 11.1. The molecule has 0 spiro atoms. The van der Waals surface area contributed by atoms with Gasteiger partial charge in [-0.25, -0.2) is 0 Å². The minimum absolute atomic E-state index is 0.0504. The van der Waals surface area contributed by atoms with E-state index in [9.17, 15) is 14.7 Å². The van der Waals surface area contributed by atoms with Crippen molar-refractivity contribution in [3.8, 4) is 11.5 Å². The smallest absolute Gasteiger partial charge is 0.295 e. The normalized spacial score (nSPS) is 17.0. The fraction of sp³-hybridized carbons (Fsp3) is 0.276. The molecule has 0 radical (unpaired) electrons. The summed E-state index contributed by atoms with van der Waals surface area (Å²) in [6, 6.07) is 15.2. The van der Waals surface area contributed by atoms with Crippen molar-refractivity contribution < 1.29 is 24.2 Å². The predicted molar refractivity (Wildman–Crippen MR) is 137 cm³/mol. The van der Waals surface area contributed by atoms with E-state index >= 15 is 0 Å². The zero-order valence-electron chi connectivity index (χ0n) is 20.9. The van der Waals surface area contributed by atoms with Gasteiger partial charge in [-0.15, -0.1) is 0 Å². The number of likely N-dealkylation sites (tertiary alicyclic amines) is 1. The summed E-state index contributed by atoms with van der Waals surface area (Å²) in [5.74, 6) is 0.133. The Morgan fingerprint density at radius 1 is 1.06 bits per heavy atom. The molecule has 1 N–H and O–H groups in total. The van der Waals surface area contributed by atoms with Gasteiger partial charge in [0, 0.05) is 24.5 Å². The Morgan fingerprint density at radius 3 is 2.36 bits per heavy atom. The molecule has 1 amide bonds. The van der Waals surface area contributed by atoms with Crippen molar-refractivity contribution in [3.05, 3.63) is 94.8 Å². The van der Waals surface area contributed by atoms with Crippen LogP contribution in [0.4, 0.5) is 0 Å². The van der Waals surface area contributed by atoms with E-state index in [0.29, 0.717) is 35.2 Å². The lowest BCUT2D eigenvalue weighted by Crippen LogP contribution is -2.29. The van der Waals surface area contributed by atoms with E-state index in [4.69, 9.17) is 9.47 Å². The van der Waals surface area contributed by atoms with Gasteiger partial charge in [-0.2, -0.15) is 0 Å². The minimum atomic E-state index is -0.763. The van der Waals surface area contributed by atoms with Crippen LogP contribution in [0.5, 0.6) is 11.5 Å². The van der Waals surface area contributed by atoms with Crippen LogP contribution in [0.1, 0.15) is 42.1 Å². The van der Waals surface area contributed by atoms with Crippen LogP contribution < -0.4 is 9.47 Å². The van der Waals surface area contributed by atoms with Gasteiger partial charge in [0.25, 0.3) is 11.7 Å². The highest BCUT2D eigenvalue weighted by atomic mass is 16.5. The van der Waals surface area contributed by atoms with Gasteiger partial charge in [-0.05, 0) is 72.0 Å². The number of aliphatic hydroxyl groups excluding tert-OH is 1. The lowest BCUT2D eigenvalue weighted by Gasteiger charge is -2.25. The molecule has 36 heavy (non-hydrogen) atoms. The van der Waals surface area contributed by atoms with Gasteiger partial charge in [0.2, 0.25) is 0 Å². The highest BCUT2D eigenvalue weighted by Crippen LogP contribution is 2.41. The summed E-state index contributed by atoms with van der Waals surface area (Å²) in [5, 5.41) is 11.4. The first-order valence-corrected chi connectivity index (χ1v) is 11.8. The Balaban J connectivity index is 1.79. The number of amides is 1. The number of pyridine rings is 1. The van der Waals surface area contributed by atoms with Crippen LogP contribution in [0.25, 0.3) is 5.76 Å². The van der Waals surface area contributed by atoms with E-state index in [2.05, 4.69) is 18.8 Å². The third-order valence-corrected chi connectivity index (χ3v) is 6.09.